The lowest BCUT2D eigenvalue weighted by atomic mass is 9.95. The number of nitrogens with two attached hydrogens (primary N) is 1. The minimum atomic E-state index is -0.435. The minimum absolute atomic E-state index is 0.0372. The summed E-state index contributed by atoms with van der Waals surface area (Å²) >= 11 is 1.38. The van der Waals surface area contributed by atoms with Gasteiger partial charge in [-0.2, -0.15) is 0 Å². The van der Waals surface area contributed by atoms with E-state index in [9.17, 15) is 9.90 Å². The highest BCUT2D eigenvalue weighted by Crippen LogP contribution is 2.26. The zero-order valence-corrected chi connectivity index (χ0v) is 12.1. The summed E-state index contributed by atoms with van der Waals surface area (Å²) in [6, 6.07) is 5.42. The van der Waals surface area contributed by atoms with E-state index in [4.69, 9.17) is 5.73 Å². The third-order valence-corrected chi connectivity index (χ3v) is 4.71. The Balaban J connectivity index is 1.84. The van der Waals surface area contributed by atoms with Gasteiger partial charge in [-0.25, -0.2) is 4.98 Å². The number of hydrogen-bond acceptors (Lipinski definition) is 5. The van der Waals surface area contributed by atoms with Crippen LogP contribution in [0.1, 0.15) is 23.7 Å². The third kappa shape index (κ3) is 2.36. The Hall–Kier alpha value is -1.66. The second-order valence-electron chi connectivity index (χ2n) is 5.32. The number of nitrogens with zero attached hydrogens (tertiary/aromatic N) is 2. The van der Waals surface area contributed by atoms with Crippen LogP contribution in [0.15, 0.2) is 18.2 Å². The summed E-state index contributed by atoms with van der Waals surface area (Å²) in [6.45, 7) is 3.11. The number of benzene rings is 1. The summed E-state index contributed by atoms with van der Waals surface area (Å²) in [5.41, 5.74) is 7.12. The maximum atomic E-state index is 12.5. The maximum Gasteiger partial charge on any atom is 0.253 e. The SMILES string of the molecule is CC1CCN(C(=O)c2ccc3nc(N)sc3c2)CC1O. The molecule has 5 nitrogen and oxygen atoms in total. The monoisotopic (exact) mass is 291 g/mol. The molecule has 1 aromatic heterocycles. The molecule has 6 heteroatoms. The van der Waals surface area contributed by atoms with Crippen molar-refractivity contribution < 1.29 is 9.90 Å². The molecular formula is C14H17N3O2S. The molecule has 3 rings (SSSR count). The van der Waals surface area contributed by atoms with Gasteiger partial charge in [-0.1, -0.05) is 18.3 Å². The minimum Gasteiger partial charge on any atom is -0.391 e. The molecule has 1 amide bonds. The van der Waals surface area contributed by atoms with E-state index in [1.807, 2.05) is 19.1 Å². The first-order valence-electron chi connectivity index (χ1n) is 6.68. The predicted molar refractivity (Wildman–Crippen MR) is 79.7 cm³/mol. The molecule has 2 atom stereocenters. The predicted octanol–water partition coefficient (Wildman–Crippen LogP) is 1.72. The number of carbonyl (C=O) groups is 1. The molecule has 0 bridgehead atoms. The van der Waals surface area contributed by atoms with Crippen molar-refractivity contribution in [3.05, 3.63) is 23.8 Å². The number of piperidine rings is 1. The van der Waals surface area contributed by atoms with Gasteiger partial charge in [-0.15, -0.1) is 0 Å². The van der Waals surface area contributed by atoms with Gasteiger partial charge in [0.15, 0.2) is 5.13 Å². The molecule has 0 spiro atoms. The average molecular weight is 291 g/mol. The number of hydrogen-bond donors (Lipinski definition) is 2. The van der Waals surface area contributed by atoms with E-state index in [0.717, 1.165) is 16.6 Å². The lowest BCUT2D eigenvalue weighted by Crippen LogP contribution is -2.45. The van der Waals surface area contributed by atoms with Crippen molar-refractivity contribution in [2.45, 2.75) is 19.4 Å². The topological polar surface area (TPSA) is 79.5 Å². The Labute approximate surface area is 121 Å². The number of aromatic nitrogens is 1. The van der Waals surface area contributed by atoms with Crippen molar-refractivity contribution in [3.8, 4) is 0 Å². The number of anilines is 1. The lowest BCUT2D eigenvalue weighted by Gasteiger charge is -2.34. The summed E-state index contributed by atoms with van der Waals surface area (Å²) in [5, 5.41) is 10.4. The average Bonchev–Trinajstić information content (AvgIpc) is 2.80. The van der Waals surface area contributed by atoms with Crippen LogP contribution in [-0.2, 0) is 0 Å². The first-order valence-corrected chi connectivity index (χ1v) is 7.49. The molecule has 0 aliphatic carbocycles. The van der Waals surface area contributed by atoms with Crippen molar-refractivity contribution in [2.75, 3.05) is 18.8 Å². The Morgan fingerprint density at radius 3 is 3.10 bits per heavy atom. The van der Waals surface area contributed by atoms with Crippen LogP contribution in [0.5, 0.6) is 0 Å². The van der Waals surface area contributed by atoms with Crippen LogP contribution in [-0.4, -0.2) is 40.1 Å². The number of thiazole rings is 1. The molecule has 2 aromatic rings. The largest absolute Gasteiger partial charge is 0.391 e. The summed E-state index contributed by atoms with van der Waals surface area (Å²) in [5.74, 6) is 0.215. The Bertz CT molecular complexity index is 655. The van der Waals surface area contributed by atoms with Crippen LogP contribution in [0, 0.1) is 5.92 Å². The van der Waals surface area contributed by atoms with E-state index in [-0.39, 0.29) is 11.8 Å². The summed E-state index contributed by atoms with van der Waals surface area (Å²) in [4.78, 5) is 18.4. The van der Waals surface area contributed by atoms with Gasteiger partial charge in [0.1, 0.15) is 0 Å². The normalized spacial score (nSPS) is 23.2. The van der Waals surface area contributed by atoms with Gasteiger partial charge in [0, 0.05) is 18.7 Å². The highest BCUT2D eigenvalue weighted by Gasteiger charge is 2.27. The zero-order valence-electron chi connectivity index (χ0n) is 11.2. The van der Waals surface area contributed by atoms with Crippen LogP contribution in [0.3, 0.4) is 0 Å². The Morgan fingerprint density at radius 2 is 2.35 bits per heavy atom. The van der Waals surface area contributed by atoms with Crippen LogP contribution >= 0.6 is 11.3 Å². The molecule has 0 saturated carbocycles. The Morgan fingerprint density at radius 1 is 1.55 bits per heavy atom. The van der Waals surface area contributed by atoms with E-state index in [2.05, 4.69) is 4.98 Å². The van der Waals surface area contributed by atoms with Crippen LogP contribution in [0.2, 0.25) is 0 Å². The van der Waals surface area contributed by atoms with Crippen molar-refractivity contribution in [2.24, 2.45) is 5.92 Å². The quantitative estimate of drug-likeness (QED) is 0.838. The van der Waals surface area contributed by atoms with Crippen LogP contribution in [0.25, 0.3) is 10.2 Å². The van der Waals surface area contributed by atoms with Gasteiger partial charge >= 0.3 is 0 Å². The molecule has 0 radical (unpaired) electrons. The van der Waals surface area contributed by atoms with E-state index < -0.39 is 6.10 Å². The number of aliphatic hydroxyl groups is 1. The lowest BCUT2D eigenvalue weighted by molar-refractivity contribution is 0.0249. The number of fused-ring (bicyclic) bond motifs is 1. The fraction of sp³-hybridized carbons (Fsp3) is 0.429. The second-order valence-corrected chi connectivity index (χ2v) is 6.38. The number of β-amino-alcohol motifs (C(OH)–C–C–N with tert-alkyl or cyclic N) is 1. The number of rotatable bonds is 1. The van der Waals surface area contributed by atoms with Gasteiger partial charge in [-0.05, 0) is 30.5 Å². The molecule has 1 aromatic carbocycles. The molecule has 20 heavy (non-hydrogen) atoms. The van der Waals surface area contributed by atoms with Crippen molar-refractivity contribution in [3.63, 3.8) is 0 Å². The third-order valence-electron chi connectivity index (χ3n) is 3.86. The molecule has 3 N–H and O–H groups in total. The number of nitrogen functional groups attached to an aromatic ring is 1. The standard InChI is InChI=1S/C14H17N3O2S/c1-8-4-5-17(7-11(8)18)13(19)9-2-3-10-12(6-9)20-14(15)16-10/h2-3,6,8,11,18H,4-5,7H2,1H3,(H2,15,16). The molecule has 106 valence electrons. The van der Waals surface area contributed by atoms with Crippen LogP contribution < -0.4 is 5.73 Å². The smallest absolute Gasteiger partial charge is 0.253 e. The second kappa shape index (κ2) is 5.03. The molecular weight excluding hydrogens is 274 g/mol. The summed E-state index contributed by atoms with van der Waals surface area (Å²) < 4.78 is 0.916. The highest BCUT2D eigenvalue weighted by molar-refractivity contribution is 7.22. The van der Waals surface area contributed by atoms with Crippen LogP contribution in [0.4, 0.5) is 5.13 Å². The van der Waals surface area contributed by atoms with Gasteiger partial charge in [-0.3, -0.25) is 4.79 Å². The Kier molecular flexibility index (Phi) is 3.35. The zero-order chi connectivity index (χ0) is 14.3. The van der Waals surface area contributed by atoms with Gasteiger partial charge in [0.2, 0.25) is 0 Å². The van der Waals surface area contributed by atoms with Gasteiger partial charge in [0.25, 0.3) is 5.91 Å². The summed E-state index contributed by atoms with van der Waals surface area (Å²) in [6.07, 6.45) is 0.401. The first-order chi connectivity index (χ1) is 9.54. The fourth-order valence-electron chi connectivity index (χ4n) is 2.49. The highest BCUT2D eigenvalue weighted by atomic mass is 32.1. The number of amides is 1. The van der Waals surface area contributed by atoms with E-state index in [1.165, 1.54) is 11.3 Å². The summed E-state index contributed by atoms with van der Waals surface area (Å²) in [7, 11) is 0. The fourth-order valence-corrected chi connectivity index (χ4v) is 3.26. The molecule has 2 heterocycles. The number of aliphatic hydroxyl groups excluding tert-OH is 1. The number of likely N-dealkylation sites (tertiary alicyclic amines) is 1. The van der Waals surface area contributed by atoms with E-state index in [1.54, 1.807) is 11.0 Å². The molecule has 1 fully saturated rings. The molecule has 1 aliphatic heterocycles. The molecule has 1 saturated heterocycles. The first kappa shape index (κ1) is 13.3. The van der Waals surface area contributed by atoms with E-state index >= 15 is 0 Å². The van der Waals surface area contributed by atoms with Crippen molar-refractivity contribution in [1.29, 1.82) is 0 Å². The van der Waals surface area contributed by atoms with Gasteiger partial charge in [0.05, 0.1) is 16.3 Å². The maximum absolute atomic E-state index is 12.5. The molecule has 1 aliphatic rings. The van der Waals surface area contributed by atoms with Gasteiger partial charge < -0.3 is 15.7 Å². The van der Waals surface area contributed by atoms with Crippen molar-refractivity contribution in [1.82, 2.24) is 9.88 Å². The van der Waals surface area contributed by atoms with Crippen molar-refractivity contribution >= 4 is 32.6 Å². The molecule has 2 unspecified atom stereocenters. The number of carbonyl (C=O) groups excluding carboxylic acids is 1. The van der Waals surface area contributed by atoms with E-state index in [0.29, 0.717) is 23.8 Å².